The molecule has 0 unspecified atom stereocenters. The first-order chi connectivity index (χ1) is 45.8. The van der Waals surface area contributed by atoms with Gasteiger partial charge in [0.1, 0.15) is 23.0 Å². The third-order valence-electron chi connectivity index (χ3n) is 21.9. The molecule has 0 amide bonds. The smallest absolute Gasteiger partial charge is 0.457 e. The number of ether oxygens (including phenoxy) is 2. The lowest BCUT2D eigenvalue weighted by Gasteiger charge is -2.40. The first-order valence-electron chi connectivity index (χ1n) is 32.9. The molecule has 3 saturated heterocycles. The Morgan fingerprint density at radius 2 is 0.594 bits per heavy atom. The lowest BCUT2D eigenvalue weighted by Crippen LogP contribution is -2.41. The molecule has 7 aliphatic rings. The van der Waals surface area contributed by atoms with Gasteiger partial charge in [0.25, 0.3) is 0 Å². The molecule has 17 rings (SSSR count). The van der Waals surface area contributed by atoms with Gasteiger partial charge in [-0.1, -0.05) is 169 Å². The third-order valence-corrected chi connectivity index (χ3v) is 22.1. The van der Waals surface area contributed by atoms with Crippen molar-refractivity contribution in [2.24, 2.45) is 0 Å². The van der Waals surface area contributed by atoms with Crippen molar-refractivity contribution in [3.8, 4) is 79.6 Å². The summed E-state index contributed by atoms with van der Waals surface area (Å²) in [5.74, 6) is 3.23. The molecule has 0 N–H and O–H groups in total. The molecule has 96 heavy (non-hydrogen) atoms. The Morgan fingerprint density at radius 1 is 0.302 bits per heavy atom. The summed E-state index contributed by atoms with van der Waals surface area (Å²) in [5.41, 5.74) is 16.3. The van der Waals surface area contributed by atoms with Crippen LogP contribution in [0.1, 0.15) is 139 Å². The van der Waals surface area contributed by atoms with E-state index >= 15 is 0 Å². The monoisotopic (exact) mass is 1280 g/mol. The molecule has 3 fully saturated rings. The van der Waals surface area contributed by atoms with Gasteiger partial charge in [-0.05, 0) is 216 Å². The second-order valence-corrected chi connectivity index (χ2v) is 29.3. The molecule has 10 aromatic rings. The summed E-state index contributed by atoms with van der Waals surface area (Å²) < 4.78 is 50.0. The fourth-order valence-electron chi connectivity index (χ4n) is 14.9. The van der Waals surface area contributed by atoms with E-state index in [2.05, 4.69) is 179 Å². The largest absolute Gasteiger partial charge is 0.494 e. The summed E-state index contributed by atoms with van der Waals surface area (Å²) >= 11 is 6.59. The lowest BCUT2D eigenvalue weighted by molar-refractivity contribution is 0.00578. The van der Waals surface area contributed by atoms with Crippen LogP contribution < -0.4 is 14.9 Å². The minimum Gasteiger partial charge on any atom is -0.457 e. The molecule has 5 heterocycles. The van der Waals surface area contributed by atoms with Crippen LogP contribution in [-0.4, -0.2) is 54.7 Å². The van der Waals surface area contributed by atoms with E-state index in [1.807, 2.05) is 134 Å². The number of benzene rings is 10. The fourth-order valence-corrected chi connectivity index (χ4v) is 15.1. The van der Waals surface area contributed by atoms with E-state index in [1.54, 1.807) is 0 Å². The van der Waals surface area contributed by atoms with Crippen molar-refractivity contribution in [3.05, 3.63) is 279 Å². The van der Waals surface area contributed by atoms with E-state index < -0.39 is 43.2 Å². The molecule has 2 aliphatic carbocycles. The van der Waals surface area contributed by atoms with E-state index in [1.165, 1.54) is 44.5 Å². The highest BCUT2D eigenvalue weighted by Crippen LogP contribution is 2.65. The van der Waals surface area contributed by atoms with Crippen LogP contribution in [0, 0.1) is 22.7 Å². The van der Waals surface area contributed by atoms with E-state index in [0.717, 1.165) is 73.0 Å². The maximum atomic E-state index is 9.92. The van der Waals surface area contributed by atoms with Gasteiger partial charge in [0.2, 0.25) is 0 Å². The van der Waals surface area contributed by atoms with Crippen LogP contribution in [0.3, 0.4) is 0 Å². The summed E-state index contributed by atoms with van der Waals surface area (Å²) in [5, 5.41) is 20.3. The highest BCUT2D eigenvalue weighted by molar-refractivity contribution is 7.11. The maximum absolute atomic E-state index is 9.92. The molecular weight excluding hydrogens is 1210 g/mol. The van der Waals surface area contributed by atoms with E-state index in [4.69, 9.17) is 49.0 Å². The van der Waals surface area contributed by atoms with Gasteiger partial charge in [-0.2, -0.15) is 10.5 Å². The topological polar surface area (TPSA) is 121 Å². The average Bonchev–Trinajstić information content (AvgIpc) is 1.46. The summed E-state index contributed by atoms with van der Waals surface area (Å²) in [6.07, 6.45) is 0. The number of hydrogen-bond donors (Lipinski definition) is 0. The van der Waals surface area contributed by atoms with Crippen molar-refractivity contribution in [1.82, 2.24) is 0 Å². The highest BCUT2D eigenvalue weighted by atomic mass is 35.5. The van der Waals surface area contributed by atoms with Crippen LogP contribution in [0.15, 0.2) is 218 Å². The molecular formula is C82H72B3ClN2O8. The zero-order valence-corrected chi connectivity index (χ0v) is 56.8. The van der Waals surface area contributed by atoms with Crippen molar-refractivity contribution < 1.29 is 37.4 Å². The second kappa shape index (κ2) is 22.6. The molecule has 2 spiro atoms. The van der Waals surface area contributed by atoms with Gasteiger partial charge in [-0.25, -0.2) is 0 Å². The zero-order chi connectivity index (χ0) is 67.1. The van der Waals surface area contributed by atoms with Crippen LogP contribution in [-0.2, 0) is 38.8 Å². The number of nitrogens with zero attached hydrogens (tertiary/aromatic N) is 2. The minimum atomic E-state index is -0.645. The minimum absolute atomic E-state index is 0.360. The summed E-state index contributed by atoms with van der Waals surface area (Å²) in [4.78, 5) is 0. The molecule has 5 aliphatic heterocycles. The Balaban J connectivity index is 0.000000128. The molecule has 10 aromatic carbocycles. The Bertz CT molecular complexity index is 4760. The van der Waals surface area contributed by atoms with Crippen LogP contribution in [0.2, 0.25) is 5.02 Å². The van der Waals surface area contributed by atoms with Crippen molar-refractivity contribution in [1.29, 1.82) is 10.5 Å². The number of nitriles is 2. The van der Waals surface area contributed by atoms with Gasteiger partial charge in [0.05, 0.1) is 67.7 Å². The van der Waals surface area contributed by atoms with E-state index in [-0.39, 0.29) is 22.4 Å². The molecule has 0 saturated carbocycles. The maximum Gasteiger partial charge on any atom is 0.494 e. The number of hydrogen-bond acceptors (Lipinski definition) is 10. The average molecular weight is 1280 g/mol. The summed E-state index contributed by atoms with van der Waals surface area (Å²) in [6.45, 7) is 24.5. The van der Waals surface area contributed by atoms with Gasteiger partial charge in [0.15, 0.2) is 0 Å². The van der Waals surface area contributed by atoms with E-state index in [9.17, 15) is 10.5 Å². The van der Waals surface area contributed by atoms with Crippen LogP contribution >= 0.6 is 11.6 Å². The number of rotatable bonds is 4. The third kappa shape index (κ3) is 9.60. The van der Waals surface area contributed by atoms with Crippen molar-refractivity contribution in [2.75, 3.05) is 0 Å². The number of fused-ring (bicyclic) bond motifs is 18. The predicted octanol–water partition coefficient (Wildman–Crippen LogP) is 18.6. The molecule has 0 atom stereocenters. The fraction of sp³-hybridized carbons (Fsp3) is 0.244. The predicted molar refractivity (Wildman–Crippen MR) is 381 cm³/mol. The van der Waals surface area contributed by atoms with E-state index in [0.29, 0.717) is 16.1 Å². The van der Waals surface area contributed by atoms with Gasteiger partial charge in [-0.15, -0.1) is 0 Å². The highest BCUT2D eigenvalue weighted by Gasteiger charge is 2.64. The van der Waals surface area contributed by atoms with Gasteiger partial charge >= 0.3 is 21.1 Å². The zero-order valence-electron chi connectivity index (χ0n) is 56.1. The van der Waals surface area contributed by atoms with Gasteiger partial charge in [0, 0.05) is 27.3 Å². The van der Waals surface area contributed by atoms with Crippen molar-refractivity contribution >= 4 is 38.2 Å². The van der Waals surface area contributed by atoms with Crippen LogP contribution in [0.4, 0.5) is 0 Å². The number of halogens is 1. The quantitative estimate of drug-likeness (QED) is 0.157. The lowest BCUT2D eigenvalue weighted by atomic mass is 9.49. The Morgan fingerprint density at radius 3 is 0.958 bits per heavy atom. The van der Waals surface area contributed by atoms with Crippen molar-refractivity contribution in [2.45, 2.75) is 128 Å². The summed E-state index contributed by atoms with van der Waals surface area (Å²) in [6, 6.07) is 79.5. The molecule has 14 heteroatoms. The Kier molecular flexibility index (Phi) is 14.8. The SMILES string of the molecule is CC1(C)OB(B2OC(C)(C)C(C)(C)O2)OC1(C)C.CC1(C)OB(c2ccc3c(c2)C2(c4cc(-c5ccccc5C#N)ccc4O3)c3ccccc3-c3ccccc32)OC1(C)C.N#Cc1ccccc1-c1ccc2c(c1)C1(c3cc(Cl)ccc3O2)c2ccccc2-c2ccccc21. The first-order valence-corrected chi connectivity index (χ1v) is 33.3. The Hall–Kier alpha value is -8.98. The van der Waals surface area contributed by atoms with Gasteiger partial charge < -0.3 is 37.4 Å². The first kappa shape index (κ1) is 63.1. The summed E-state index contributed by atoms with van der Waals surface area (Å²) in [7, 11) is -1.46. The normalized spacial score (nSPS) is 19.0. The molecule has 0 aromatic heterocycles. The Labute approximate surface area is 569 Å². The second-order valence-electron chi connectivity index (χ2n) is 28.9. The standard InChI is InChI=1S/C38H30BNO3.C32H18ClNO.C12H24B2O4/c1-36(2)37(3,4)43-39(42-36)26-18-20-35-33(22-26)38(30-15-9-7-13-28(30)29-14-8-10-16-31(29)38)32-21-24(17-19-34(32)41-35)27-12-6-5-11-25(27)23-40;33-22-14-16-31-29(18-22)32(26-11-5-3-9-24(26)25-10-4-6-12-27(25)32)28-17-20(13-15-30(28)35-31)23-8-2-1-7-21(23)19-34;1-9(2)10(3,4)16-13(15-9)14-17-11(5,6)12(7,8)18-14/h5-22H,1-4H3;1-18H;1-8H3. The molecule has 474 valence electrons. The van der Waals surface area contributed by atoms with Crippen LogP contribution in [0.5, 0.6) is 23.0 Å². The van der Waals surface area contributed by atoms with Crippen LogP contribution in [0.25, 0.3) is 44.5 Å². The molecule has 0 radical (unpaired) electrons. The molecule has 10 nitrogen and oxygen atoms in total. The van der Waals surface area contributed by atoms with Crippen molar-refractivity contribution in [3.63, 3.8) is 0 Å². The van der Waals surface area contributed by atoms with Gasteiger partial charge in [-0.3, -0.25) is 0 Å². The molecule has 0 bridgehead atoms.